The van der Waals surface area contributed by atoms with E-state index in [-0.39, 0.29) is 35.5 Å². The van der Waals surface area contributed by atoms with Crippen LogP contribution >= 0.6 is 0 Å². The topological polar surface area (TPSA) is 95.6 Å². The number of carbonyl (C=O) groups excluding carboxylic acids is 4. The largest absolute Gasteiger partial charge is 0.326 e. The zero-order valence-corrected chi connectivity index (χ0v) is 19.1. The van der Waals surface area contributed by atoms with E-state index in [1.165, 1.54) is 0 Å². The van der Waals surface area contributed by atoms with Crippen LogP contribution in [0.5, 0.6) is 0 Å². The number of urea groups is 1. The van der Waals surface area contributed by atoms with Gasteiger partial charge < -0.3 is 10.6 Å². The lowest BCUT2D eigenvalue weighted by atomic mass is 9.64. The predicted octanol–water partition coefficient (Wildman–Crippen LogP) is 3.99. The van der Waals surface area contributed by atoms with Crippen molar-refractivity contribution >= 4 is 29.3 Å². The molecule has 3 rings (SSSR count). The Bertz CT molecular complexity index is 891. The van der Waals surface area contributed by atoms with Gasteiger partial charge in [-0.3, -0.25) is 19.3 Å². The Morgan fingerprint density at radius 1 is 1.16 bits per heavy atom. The number of carbonyl (C=O) groups is 4. The Balaban J connectivity index is 1.67. The number of nitrogens with zero attached hydrogens (tertiary/aromatic N) is 1. The minimum absolute atomic E-state index is 0.0591. The maximum atomic E-state index is 13.2. The van der Waals surface area contributed by atoms with Crippen molar-refractivity contribution < 1.29 is 19.2 Å². The number of anilines is 1. The first-order chi connectivity index (χ1) is 14.4. The Morgan fingerprint density at radius 2 is 1.81 bits per heavy atom. The fourth-order valence-corrected chi connectivity index (χ4v) is 5.21. The normalized spacial score (nSPS) is 25.1. The molecule has 1 aliphatic heterocycles. The van der Waals surface area contributed by atoms with E-state index in [1.54, 1.807) is 24.3 Å². The second kappa shape index (κ2) is 8.44. The standard InChI is InChI=1S/C24H33N3O4/c1-15(2)10-20(29)25-18-8-6-17(7-9-18)19(28)13-27-21(30)24(26-22(27)31)12-16(3)11-23(4,5)14-24/h6-9,15-16H,10-14H2,1-5H3,(H,25,29)(H,26,31)/t16-,24-/m1/s1. The minimum Gasteiger partial charge on any atom is -0.326 e. The summed E-state index contributed by atoms with van der Waals surface area (Å²) in [6.45, 7) is 9.96. The molecular formula is C24H33N3O4. The molecule has 1 saturated heterocycles. The Morgan fingerprint density at radius 3 is 2.39 bits per heavy atom. The van der Waals surface area contributed by atoms with Gasteiger partial charge in [0.15, 0.2) is 5.78 Å². The van der Waals surface area contributed by atoms with Crippen molar-refractivity contribution in [3.63, 3.8) is 0 Å². The summed E-state index contributed by atoms with van der Waals surface area (Å²) >= 11 is 0. The third-order valence-corrected chi connectivity index (χ3v) is 6.01. The molecule has 0 radical (unpaired) electrons. The van der Waals surface area contributed by atoms with E-state index in [4.69, 9.17) is 0 Å². The molecule has 7 heteroatoms. The molecule has 1 saturated carbocycles. The number of imide groups is 1. The Labute approximate surface area is 183 Å². The maximum Gasteiger partial charge on any atom is 0.325 e. The summed E-state index contributed by atoms with van der Waals surface area (Å²) in [5.41, 5.74) is 0.0230. The Hall–Kier alpha value is -2.70. The van der Waals surface area contributed by atoms with Gasteiger partial charge in [0.05, 0.1) is 6.54 Å². The van der Waals surface area contributed by atoms with Crippen LogP contribution < -0.4 is 10.6 Å². The molecule has 1 spiro atoms. The molecule has 1 aliphatic carbocycles. The van der Waals surface area contributed by atoms with Crippen LogP contribution in [-0.2, 0) is 9.59 Å². The first-order valence-electron chi connectivity index (χ1n) is 11.0. The van der Waals surface area contributed by atoms with Gasteiger partial charge >= 0.3 is 6.03 Å². The van der Waals surface area contributed by atoms with Gasteiger partial charge in [-0.15, -0.1) is 0 Å². The van der Waals surface area contributed by atoms with E-state index >= 15 is 0 Å². The van der Waals surface area contributed by atoms with Gasteiger partial charge in [-0.25, -0.2) is 4.79 Å². The fraction of sp³-hybridized carbons (Fsp3) is 0.583. The zero-order chi connectivity index (χ0) is 23.0. The van der Waals surface area contributed by atoms with Crippen LogP contribution in [0.2, 0.25) is 0 Å². The lowest BCUT2D eigenvalue weighted by Gasteiger charge is -2.43. The van der Waals surface area contributed by atoms with Gasteiger partial charge in [0.1, 0.15) is 5.54 Å². The van der Waals surface area contributed by atoms with Crippen LogP contribution in [0.1, 0.15) is 70.7 Å². The average Bonchev–Trinajstić information content (AvgIpc) is 2.83. The van der Waals surface area contributed by atoms with E-state index in [2.05, 4.69) is 31.4 Å². The second-order valence-corrected chi connectivity index (χ2v) is 10.4. The number of rotatable bonds is 6. The van der Waals surface area contributed by atoms with Crippen molar-refractivity contribution in [3.8, 4) is 0 Å². The molecule has 1 heterocycles. The molecule has 0 bridgehead atoms. The molecule has 0 unspecified atom stereocenters. The number of amides is 4. The van der Waals surface area contributed by atoms with Gasteiger partial charge in [-0.05, 0) is 60.8 Å². The molecule has 1 aromatic rings. The van der Waals surface area contributed by atoms with Gasteiger partial charge in [-0.1, -0.05) is 34.6 Å². The third-order valence-electron chi connectivity index (χ3n) is 6.01. The first-order valence-corrected chi connectivity index (χ1v) is 11.0. The second-order valence-electron chi connectivity index (χ2n) is 10.4. The summed E-state index contributed by atoms with van der Waals surface area (Å²) in [5.74, 6) is -0.136. The predicted molar refractivity (Wildman–Crippen MR) is 119 cm³/mol. The minimum atomic E-state index is -0.914. The van der Waals surface area contributed by atoms with E-state index in [0.717, 1.165) is 11.3 Å². The van der Waals surface area contributed by atoms with E-state index in [1.807, 2.05) is 13.8 Å². The average molecular weight is 428 g/mol. The molecular weight excluding hydrogens is 394 g/mol. The molecule has 2 aliphatic rings. The fourth-order valence-electron chi connectivity index (χ4n) is 5.21. The van der Waals surface area contributed by atoms with Crippen LogP contribution in [0.4, 0.5) is 10.5 Å². The van der Waals surface area contributed by atoms with E-state index in [0.29, 0.717) is 36.4 Å². The summed E-state index contributed by atoms with van der Waals surface area (Å²) in [4.78, 5) is 51.5. The third kappa shape index (κ3) is 5.14. The molecule has 0 aromatic heterocycles. The van der Waals surface area contributed by atoms with Gasteiger partial charge in [0.2, 0.25) is 5.91 Å². The molecule has 31 heavy (non-hydrogen) atoms. The summed E-state index contributed by atoms with van der Waals surface area (Å²) in [7, 11) is 0. The van der Waals surface area contributed by atoms with Crippen LogP contribution in [0.15, 0.2) is 24.3 Å². The number of Topliss-reactive ketones (excluding diaryl/α,β-unsaturated/α-hetero) is 1. The van der Waals surface area contributed by atoms with E-state index in [9.17, 15) is 19.2 Å². The number of ketones is 1. The highest BCUT2D eigenvalue weighted by Gasteiger charge is 2.56. The molecule has 2 N–H and O–H groups in total. The van der Waals surface area contributed by atoms with Crippen LogP contribution in [0, 0.1) is 17.3 Å². The summed E-state index contributed by atoms with van der Waals surface area (Å²) in [6, 6.07) is 6.02. The van der Waals surface area contributed by atoms with Crippen molar-refractivity contribution in [1.29, 1.82) is 0 Å². The molecule has 2 atom stereocenters. The summed E-state index contributed by atoms with van der Waals surface area (Å²) < 4.78 is 0. The van der Waals surface area contributed by atoms with E-state index < -0.39 is 11.6 Å². The molecule has 7 nitrogen and oxygen atoms in total. The maximum absolute atomic E-state index is 13.2. The highest BCUT2D eigenvalue weighted by Crippen LogP contribution is 2.46. The first kappa shape index (κ1) is 23.0. The monoisotopic (exact) mass is 427 g/mol. The highest BCUT2D eigenvalue weighted by molar-refractivity contribution is 6.11. The number of nitrogens with one attached hydrogen (secondary N) is 2. The number of hydrogen-bond acceptors (Lipinski definition) is 4. The lowest BCUT2D eigenvalue weighted by Crippen LogP contribution is -2.54. The van der Waals surface area contributed by atoms with Crippen molar-refractivity contribution in [2.24, 2.45) is 17.3 Å². The Kier molecular flexibility index (Phi) is 6.25. The van der Waals surface area contributed by atoms with Gasteiger partial charge in [0, 0.05) is 17.7 Å². The van der Waals surface area contributed by atoms with Crippen molar-refractivity contribution in [2.75, 3.05) is 11.9 Å². The SMILES string of the molecule is CC(C)CC(=O)Nc1ccc(C(=O)CN2C(=O)N[C@@]3(C[C@H](C)CC(C)(C)C3)C2=O)cc1. The molecule has 168 valence electrons. The van der Waals surface area contributed by atoms with Gasteiger partial charge in [0.25, 0.3) is 5.91 Å². The molecule has 4 amide bonds. The van der Waals surface area contributed by atoms with Gasteiger partial charge in [-0.2, -0.15) is 0 Å². The number of benzene rings is 1. The van der Waals surface area contributed by atoms with Crippen molar-refractivity contribution in [3.05, 3.63) is 29.8 Å². The number of hydrogen-bond donors (Lipinski definition) is 2. The van der Waals surface area contributed by atoms with Crippen LogP contribution in [0.25, 0.3) is 0 Å². The molecule has 2 fully saturated rings. The van der Waals surface area contributed by atoms with Crippen molar-refractivity contribution in [2.45, 2.75) is 65.8 Å². The molecule has 1 aromatic carbocycles. The quantitative estimate of drug-likeness (QED) is 0.530. The van der Waals surface area contributed by atoms with Crippen LogP contribution in [-0.4, -0.2) is 40.6 Å². The smallest absolute Gasteiger partial charge is 0.325 e. The lowest BCUT2D eigenvalue weighted by molar-refractivity contribution is -0.134. The summed E-state index contributed by atoms with van der Waals surface area (Å²) in [5, 5.41) is 5.69. The zero-order valence-electron chi connectivity index (χ0n) is 19.1. The van der Waals surface area contributed by atoms with Crippen molar-refractivity contribution in [1.82, 2.24) is 10.2 Å². The van der Waals surface area contributed by atoms with Crippen LogP contribution in [0.3, 0.4) is 0 Å². The summed E-state index contributed by atoms with van der Waals surface area (Å²) in [6.07, 6.45) is 2.59. The highest BCUT2D eigenvalue weighted by atomic mass is 16.2.